The van der Waals surface area contributed by atoms with E-state index < -0.39 is 11.7 Å². The Morgan fingerprint density at radius 3 is 2.33 bits per heavy atom. The highest BCUT2D eigenvalue weighted by Gasteiger charge is 2.16. The highest BCUT2D eigenvalue weighted by molar-refractivity contribution is 6.30. The zero-order valence-corrected chi connectivity index (χ0v) is 18.0. The summed E-state index contributed by atoms with van der Waals surface area (Å²) in [4.78, 5) is 35.7. The van der Waals surface area contributed by atoms with Gasteiger partial charge in [-0.1, -0.05) is 35.9 Å². The molecule has 2 rings (SSSR count). The monoisotopic (exact) mass is 431 g/mol. The van der Waals surface area contributed by atoms with E-state index in [1.165, 1.54) is 0 Å². The maximum atomic E-state index is 12.2. The normalized spacial score (nSPS) is 10.8. The molecule has 0 saturated heterocycles. The van der Waals surface area contributed by atoms with Crippen LogP contribution in [0.5, 0.6) is 0 Å². The van der Waals surface area contributed by atoms with E-state index in [-0.39, 0.29) is 31.3 Å². The summed E-state index contributed by atoms with van der Waals surface area (Å²) in [5, 5.41) is 8.52. The highest BCUT2D eigenvalue weighted by atomic mass is 35.5. The molecule has 0 aromatic heterocycles. The summed E-state index contributed by atoms with van der Waals surface area (Å²) in [6.45, 7) is 5.30. The second kappa shape index (κ2) is 10.6. The molecule has 0 fully saturated rings. The first kappa shape index (κ1) is 23.2. The number of anilines is 1. The van der Waals surface area contributed by atoms with Crippen LogP contribution in [-0.4, -0.2) is 30.1 Å². The zero-order valence-electron chi connectivity index (χ0n) is 17.3. The molecule has 0 bridgehead atoms. The number of nitrogens with one attached hydrogen (secondary N) is 3. The predicted molar refractivity (Wildman–Crippen MR) is 116 cm³/mol. The third-order valence-corrected chi connectivity index (χ3v) is 3.98. The SMILES string of the molecule is CC(C)(C)OC(=O)NCC(=O)NCc1cccc(NC(=O)Cc2cccc(Cl)c2)c1. The standard InChI is InChI=1S/C22H26ClN3O4/c1-22(2,3)30-21(29)25-14-20(28)24-13-16-7-5-9-18(11-16)26-19(27)12-15-6-4-8-17(23)10-15/h4-11H,12-14H2,1-3H3,(H,24,28)(H,25,29)(H,26,27). The second-order valence-electron chi connectivity index (χ2n) is 7.69. The molecule has 0 unspecified atom stereocenters. The minimum absolute atomic E-state index is 0.167. The fraction of sp³-hybridized carbons (Fsp3) is 0.318. The van der Waals surface area contributed by atoms with Crippen LogP contribution in [0.1, 0.15) is 31.9 Å². The molecule has 0 aliphatic heterocycles. The number of hydrogen-bond acceptors (Lipinski definition) is 4. The average molecular weight is 432 g/mol. The summed E-state index contributed by atoms with van der Waals surface area (Å²) in [7, 11) is 0. The first-order chi connectivity index (χ1) is 14.1. The molecule has 3 N–H and O–H groups in total. The second-order valence-corrected chi connectivity index (χ2v) is 8.12. The van der Waals surface area contributed by atoms with Gasteiger partial charge in [0.15, 0.2) is 0 Å². The van der Waals surface area contributed by atoms with Crippen molar-refractivity contribution in [1.82, 2.24) is 10.6 Å². The first-order valence-electron chi connectivity index (χ1n) is 9.47. The summed E-state index contributed by atoms with van der Waals surface area (Å²) in [5.74, 6) is -0.517. The first-order valence-corrected chi connectivity index (χ1v) is 9.85. The lowest BCUT2D eigenvalue weighted by Crippen LogP contribution is -2.39. The Morgan fingerprint density at radius 1 is 0.933 bits per heavy atom. The Kier molecular flexibility index (Phi) is 8.24. The maximum absolute atomic E-state index is 12.2. The van der Waals surface area contributed by atoms with E-state index in [0.717, 1.165) is 11.1 Å². The van der Waals surface area contributed by atoms with Crippen LogP contribution in [-0.2, 0) is 27.3 Å². The van der Waals surface area contributed by atoms with Crippen LogP contribution in [0.25, 0.3) is 0 Å². The van der Waals surface area contributed by atoms with Gasteiger partial charge in [-0.2, -0.15) is 0 Å². The van der Waals surface area contributed by atoms with Crippen molar-refractivity contribution in [3.63, 3.8) is 0 Å². The number of amides is 3. The summed E-state index contributed by atoms with van der Waals surface area (Å²) in [5.41, 5.74) is 1.63. The molecular formula is C22H26ClN3O4. The lowest BCUT2D eigenvalue weighted by Gasteiger charge is -2.19. The van der Waals surface area contributed by atoms with Gasteiger partial charge in [0.25, 0.3) is 0 Å². The summed E-state index contributed by atoms with van der Waals surface area (Å²) in [6.07, 6.45) is -0.445. The van der Waals surface area contributed by atoms with Crippen molar-refractivity contribution in [1.29, 1.82) is 0 Å². The van der Waals surface area contributed by atoms with Crippen LogP contribution in [0.2, 0.25) is 5.02 Å². The van der Waals surface area contributed by atoms with Gasteiger partial charge in [-0.15, -0.1) is 0 Å². The van der Waals surface area contributed by atoms with Crippen molar-refractivity contribution in [3.05, 3.63) is 64.7 Å². The quantitative estimate of drug-likeness (QED) is 0.623. The van der Waals surface area contributed by atoms with Gasteiger partial charge in [0, 0.05) is 17.3 Å². The zero-order chi connectivity index (χ0) is 22.1. The minimum Gasteiger partial charge on any atom is -0.444 e. The van der Waals surface area contributed by atoms with Crippen molar-refractivity contribution < 1.29 is 19.1 Å². The van der Waals surface area contributed by atoms with Crippen molar-refractivity contribution in [2.24, 2.45) is 0 Å². The molecule has 30 heavy (non-hydrogen) atoms. The van der Waals surface area contributed by atoms with E-state index in [1.807, 2.05) is 12.1 Å². The lowest BCUT2D eigenvalue weighted by atomic mass is 10.1. The van der Waals surface area contributed by atoms with E-state index in [2.05, 4.69) is 16.0 Å². The highest BCUT2D eigenvalue weighted by Crippen LogP contribution is 2.14. The number of ether oxygens (including phenoxy) is 1. The predicted octanol–water partition coefficient (Wildman–Crippen LogP) is 3.66. The van der Waals surface area contributed by atoms with Gasteiger partial charge in [0.2, 0.25) is 11.8 Å². The topological polar surface area (TPSA) is 96.5 Å². The minimum atomic E-state index is -0.651. The van der Waals surface area contributed by atoms with Gasteiger partial charge in [0.05, 0.1) is 6.42 Å². The Labute approximate surface area is 181 Å². The van der Waals surface area contributed by atoms with E-state index >= 15 is 0 Å². The van der Waals surface area contributed by atoms with Crippen LogP contribution in [0.4, 0.5) is 10.5 Å². The summed E-state index contributed by atoms with van der Waals surface area (Å²) in [6, 6.07) is 14.3. The number of rotatable bonds is 7. The van der Waals surface area contributed by atoms with Crippen LogP contribution in [0, 0.1) is 0 Å². The van der Waals surface area contributed by atoms with Gasteiger partial charge in [-0.3, -0.25) is 9.59 Å². The molecule has 0 atom stereocenters. The smallest absolute Gasteiger partial charge is 0.408 e. The fourth-order valence-electron chi connectivity index (χ4n) is 2.53. The van der Waals surface area contributed by atoms with E-state index in [9.17, 15) is 14.4 Å². The average Bonchev–Trinajstić information content (AvgIpc) is 2.63. The molecule has 0 aliphatic rings. The Morgan fingerprint density at radius 2 is 1.63 bits per heavy atom. The van der Waals surface area contributed by atoms with E-state index in [1.54, 1.807) is 57.2 Å². The fourth-order valence-corrected chi connectivity index (χ4v) is 2.74. The van der Waals surface area contributed by atoms with Gasteiger partial charge >= 0.3 is 6.09 Å². The van der Waals surface area contributed by atoms with Crippen molar-refractivity contribution >= 4 is 35.2 Å². The molecule has 0 aliphatic carbocycles. The van der Waals surface area contributed by atoms with Crippen molar-refractivity contribution in [3.8, 4) is 0 Å². The molecule has 0 radical (unpaired) electrons. The molecule has 0 spiro atoms. The van der Waals surface area contributed by atoms with Crippen molar-refractivity contribution in [2.75, 3.05) is 11.9 Å². The Balaban J connectivity index is 1.80. The van der Waals surface area contributed by atoms with E-state index in [0.29, 0.717) is 10.7 Å². The number of hydrogen-bond donors (Lipinski definition) is 3. The number of carbonyl (C=O) groups is 3. The largest absolute Gasteiger partial charge is 0.444 e. The molecular weight excluding hydrogens is 406 g/mol. The Hall–Kier alpha value is -3.06. The molecule has 2 aromatic carbocycles. The molecule has 8 heteroatoms. The van der Waals surface area contributed by atoms with E-state index in [4.69, 9.17) is 16.3 Å². The van der Waals surface area contributed by atoms with Gasteiger partial charge in [-0.05, 0) is 56.2 Å². The number of halogens is 1. The molecule has 3 amide bonds. The molecule has 7 nitrogen and oxygen atoms in total. The molecule has 0 saturated carbocycles. The van der Waals surface area contributed by atoms with Gasteiger partial charge in [0.1, 0.15) is 12.1 Å². The van der Waals surface area contributed by atoms with Crippen LogP contribution in [0.15, 0.2) is 48.5 Å². The van der Waals surface area contributed by atoms with Crippen LogP contribution < -0.4 is 16.0 Å². The molecule has 160 valence electrons. The van der Waals surface area contributed by atoms with Crippen LogP contribution >= 0.6 is 11.6 Å². The molecule has 0 heterocycles. The summed E-state index contributed by atoms with van der Waals surface area (Å²) >= 11 is 5.94. The molecule has 2 aromatic rings. The third kappa shape index (κ3) is 8.96. The van der Waals surface area contributed by atoms with Crippen molar-refractivity contribution in [2.45, 2.75) is 39.3 Å². The number of benzene rings is 2. The third-order valence-electron chi connectivity index (χ3n) is 3.75. The number of alkyl carbamates (subject to hydrolysis) is 1. The van der Waals surface area contributed by atoms with Gasteiger partial charge < -0.3 is 20.7 Å². The number of carbonyl (C=O) groups excluding carboxylic acids is 3. The summed E-state index contributed by atoms with van der Waals surface area (Å²) < 4.78 is 5.08. The maximum Gasteiger partial charge on any atom is 0.408 e. The van der Waals surface area contributed by atoms with Gasteiger partial charge in [-0.25, -0.2) is 4.79 Å². The Bertz CT molecular complexity index is 909. The lowest BCUT2D eigenvalue weighted by molar-refractivity contribution is -0.120. The van der Waals surface area contributed by atoms with Crippen LogP contribution in [0.3, 0.4) is 0 Å².